The Labute approximate surface area is 331 Å². The van der Waals surface area contributed by atoms with Crippen LogP contribution in [-0.2, 0) is 30.5 Å². The monoisotopic (exact) mass is 825 g/mol. The van der Waals surface area contributed by atoms with Crippen LogP contribution in [0.1, 0.15) is 63.8 Å². The number of amides is 3. The first kappa shape index (κ1) is 48.3. The third-order valence-electron chi connectivity index (χ3n) is 8.51. The molecule has 0 aliphatic heterocycles. The molecule has 0 aliphatic rings. The molecular formula is C39H48F5N5O9. The van der Waals surface area contributed by atoms with Crippen LogP contribution in [0.3, 0.4) is 0 Å². The van der Waals surface area contributed by atoms with E-state index in [9.17, 15) is 56.1 Å². The van der Waals surface area contributed by atoms with Crippen LogP contribution < -0.4 is 16.4 Å². The van der Waals surface area contributed by atoms with Gasteiger partial charge in [-0.25, -0.2) is 13.6 Å². The Morgan fingerprint density at radius 3 is 2.09 bits per heavy atom. The first-order valence-corrected chi connectivity index (χ1v) is 17.8. The first-order valence-electron chi connectivity index (χ1n) is 17.8. The number of nitrogens with two attached hydrogens (primary N) is 1. The van der Waals surface area contributed by atoms with Gasteiger partial charge in [0.1, 0.15) is 24.3 Å². The fraction of sp³-hybridized carbons (Fsp3) is 0.410. The van der Waals surface area contributed by atoms with Gasteiger partial charge >= 0.3 is 18.1 Å². The summed E-state index contributed by atoms with van der Waals surface area (Å²) >= 11 is 0. The second kappa shape index (κ2) is 21.6. The van der Waals surface area contributed by atoms with Crippen molar-refractivity contribution in [2.75, 3.05) is 19.7 Å². The van der Waals surface area contributed by atoms with E-state index in [0.29, 0.717) is 17.8 Å². The number of alkyl halides is 3. The van der Waals surface area contributed by atoms with Gasteiger partial charge in [0, 0.05) is 55.5 Å². The number of nitrogens with one attached hydrogen (secondary N) is 2. The molecule has 8 N–H and O–H groups in total. The van der Waals surface area contributed by atoms with Crippen LogP contribution in [0.25, 0.3) is 11.1 Å². The Morgan fingerprint density at radius 1 is 0.931 bits per heavy atom. The zero-order valence-electron chi connectivity index (χ0n) is 32.1. The molecule has 0 saturated carbocycles. The van der Waals surface area contributed by atoms with Crippen molar-refractivity contribution in [3.05, 3.63) is 96.0 Å². The van der Waals surface area contributed by atoms with Crippen LogP contribution in [-0.4, -0.2) is 97.5 Å². The van der Waals surface area contributed by atoms with Crippen molar-refractivity contribution in [1.82, 2.24) is 20.1 Å². The van der Waals surface area contributed by atoms with Crippen molar-refractivity contribution in [2.45, 2.75) is 77.3 Å². The van der Waals surface area contributed by atoms with Crippen molar-refractivity contribution < 1.29 is 66.4 Å². The highest BCUT2D eigenvalue weighted by Crippen LogP contribution is 2.41. The highest BCUT2D eigenvalue weighted by atomic mass is 19.4. The number of nitrogens with zero attached hydrogens (tertiary/aromatic N) is 2. The number of aliphatic hydroxyl groups excluding tert-OH is 2. The number of aliphatic carboxylic acids is 2. The number of allylic oxidation sites excluding steroid dienone is 1. The maximum absolute atomic E-state index is 15.0. The van der Waals surface area contributed by atoms with E-state index in [1.54, 1.807) is 12.3 Å². The Kier molecular flexibility index (Phi) is 18.0. The van der Waals surface area contributed by atoms with E-state index in [-0.39, 0.29) is 37.9 Å². The smallest absolute Gasteiger partial charge is 0.448 e. The van der Waals surface area contributed by atoms with Crippen LogP contribution >= 0.6 is 0 Å². The number of halogens is 5. The van der Waals surface area contributed by atoms with Gasteiger partial charge in [-0.15, -0.1) is 0 Å². The van der Waals surface area contributed by atoms with E-state index in [2.05, 4.69) is 17.2 Å². The molecule has 318 valence electrons. The normalized spacial score (nSPS) is 12.9. The summed E-state index contributed by atoms with van der Waals surface area (Å²) in [5, 5.41) is 40.3. The number of aliphatic hydroxyl groups is 2. The molecule has 3 amide bonds. The molecule has 3 aromatic rings. The number of hydrogen-bond acceptors (Lipinski definition) is 8. The Morgan fingerprint density at radius 2 is 1.55 bits per heavy atom. The van der Waals surface area contributed by atoms with Gasteiger partial charge in [-0.3, -0.25) is 19.2 Å². The lowest BCUT2D eigenvalue weighted by Gasteiger charge is -2.41. The molecule has 14 nitrogen and oxygen atoms in total. The quantitative estimate of drug-likeness (QED) is 0.0694. The number of benzene rings is 2. The van der Waals surface area contributed by atoms with Crippen molar-refractivity contribution in [3.8, 4) is 11.1 Å². The summed E-state index contributed by atoms with van der Waals surface area (Å²) in [6, 6.07) is 10.9. The molecule has 0 fully saturated rings. The summed E-state index contributed by atoms with van der Waals surface area (Å²) in [6.07, 6.45) is -4.09. The standard InChI is InChI=1S/C36H45F2N5O8.C3H3F3O/c1-36(2,3)33(29-17-23(25-18-24(37)9-10-26(25)38)20-42(29)19-22-7-5-4-6-8-22)43(31(46)21-44)16-14-27(39)34(49)40-15-13-30(45)41-28(35(50)51)11-12-32(47)48;1-2(7)3(4,5)6/h4-10,17-18,20,27-28,33,44H,11-16,19,21,39H2,1-3H3,(H,40,49)(H,41,45)(H,47,48)(H,50,51);7H,1H2. The van der Waals surface area contributed by atoms with E-state index < -0.39 is 89.8 Å². The van der Waals surface area contributed by atoms with Gasteiger partial charge in [0.2, 0.25) is 17.7 Å². The number of hydrogen-bond donors (Lipinski definition) is 7. The molecule has 3 rings (SSSR count). The zero-order valence-corrected chi connectivity index (χ0v) is 32.1. The Hall–Kier alpha value is -5.82. The van der Waals surface area contributed by atoms with Gasteiger partial charge in [0.15, 0.2) is 5.76 Å². The van der Waals surface area contributed by atoms with Gasteiger partial charge < -0.3 is 46.3 Å². The molecule has 2 aromatic carbocycles. The summed E-state index contributed by atoms with van der Waals surface area (Å²) < 4.78 is 63.5. The number of carbonyl (C=O) groups is 5. The molecule has 1 heterocycles. The number of carboxylic acids is 2. The molecule has 3 atom stereocenters. The Bertz CT molecular complexity index is 1900. The minimum Gasteiger partial charge on any atom is -0.505 e. The van der Waals surface area contributed by atoms with E-state index in [1.165, 1.54) is 4.90 Å². The highest BCUT2D eigenvalue weighted by molar-refractivity contribution is 5.85. The zero-order chi connectivity index (χ0) is 44.0. The van der Waals surface area contributed by atoms with Crippen LogP contribution in [0, 0.1) is 17.0 Å². The predicted octanol–water partition coefficient (Wildman–Crippen LogP) is 4.67. The molecule has 19 heteroatoms. The second-order valence-electron chi connectivity index (χ2n) is 14.2. The number of carboxylic acid groups (broad SMARTS) is 2. The maximum atomic E-state index is 15.0. The third kappa shape index (κ3) is 15.3. The molecule has 0 aliphatic carbocycles. The average molecular weight is 826 g/mol. The van der Waals surface area contributed by atoms with Crippen LogP contribution in [0.15, 0.2) is 73.1 Å². The maximum Gasteiger partial charge on any atom is 0.448 e. The Balaban J connectivity index is 0.00000151. The molecule has 0 radical (unpaired) electrons. The molecule has 3 unspecified atom stereocenters. The topological polar surface area (TPSA) is 225 Å². The van der Waals surface area contributed by atoms with Gasteiger partial charge in [-0.2, -0.15) is 13.2 Å². The van der Waals surface area contributed by atoms with Gasteiger partial charge in [0.05, 0.1) is 12.1 Å². The van der Waals surface area contributed by atoms with Crippen molar-refractivity contribution in [1.29, 1.82) is 0 Å². The van der Waals surface area contributed by atoms with Crippen LogP contribution in [0.5, 0.6) is 0 Å². The average Bonchev–Trinajstić information content (AvgIpc) is 3.53. The largest absolute Gasteiger partial charge is 0.505 e. The van der Waals surface area contributed by atoms with E-state index >= 15 is 0 Å². The first-order chi connectivity index (χ1) is 27.0. The molecular weight excluding hydrogens is 777 g/mol. The molecule has 0 spiro atoms. The van der Waals surface area contributed by atoms with Crippen LogP contribution in [0.4, 0.5) is 22.0 Å². The summed E-state index contributed by atoms with van der Waals surface area (Å²) in [5.41, 5.74) is 7.36. The molecule has 58 heavy (non-hydrogen) atoms. The number of aromatic nitrogens is 1. The van der Waals surface area contributed by atoms with Crippen molar-refractivity contribution >= 4 is 29.7 Å². The van der Waals surface area contributed by atoms with E-state index in [1.807, 2.05) is 55.7 Å². The lowest BCUT2D eigenvalue weighted by molar-refractivity contribution is -0.143. The molecule has 1 aromatic heterocycles. The van der Waals surface area contributed by atoms with Gasteiger partial charge in [-0.05, 0) is 48.1 Å². The number of rotatable bonds is 18. The summed E-state index contributed by atoms with van der Waals surface area (Å²) in [7, 11) is 0. The molecule has 0 saturated heterocycles. The fourth-order valence-corrected chi connectivity index (χ4v) is 5.73. The second-order valence-corrected chi connectivity index (χ2v) is 14.2. The van der Waals surface area contributed by atoms with E-state index in [0.717, 1.165) is 23.8 Å². The summed E-state index contributed by atoms with van der Waals surface area (Å²) in [6.45, 7) is 7.10. The molecule has 0 bridgehead atoms. The summed E-state index contributed by atoms with van der Waals surface area (Å²) in [5.74, 6) is -7.64. The lowest BCUT2D eigenvalue weighted by Crippen LogP contribution is -2.48. The van der Waals surface area contributed by atoms with E-state index in [4.69, 9.17) is 15.9 Å². The van der Waals surface area contributed by atoms with Crippen molar-refractivity contribution in [3.63, 3.8) is 0 Å². The SMILES string of the molecule is C=C(O)C(F)(F)F.CC(C)(C)C(c1cc(-c2cc(F)ccc2F)cn1Cc1ccccc1)N(CCC(N)C(=O)NCCC(=O)NC(CCC(=O)O)C(=O)O)C(=O)CO. The summed E-state index contributed by atoms with van der Waals surface area (Å²) in [4.78, 5) is 62.0. The third-order valence-corrected chi connectivity index (χ3v) is 8.51. The van der Waals surface area contributed by atoms with Crippen molar-refractivity contribution in [2.24, 2.45) is 11.1 Å². The minimum absolute atomic E-state index is 0.0295. The highest BCUT2D eigenvalue weighted by Gasteiger charge is 2.37. The van der Waals surface area contributed by atoms with Gasteiger partial charge in [-0.1, -0.05) is 57.7 Å². The predicted molar refractivity (Wildman–Crippen MR) is 201 cm³/mol. The van der Waals surface area contributed by atoms with Crippen LogP contribution in [0.2, 0.25) is 0 Å². The van der Waals surface area contributed by atoms with Gasteiger partial charge in [0.25, 0.3) is 0 Å². The number of carbonyl (C=O) groups excluding carboxylic acids is 3. The minimum atomic E-state index is -4.64. The lowest BCUT2D eigenvalue weighted by atomic mass is 9.82. The fourth-order valence-electron chi connectivity index (χ4n) is 5.73.